The molecule has 2 aromatic rings. The Kier molecular flexibility index (Phi) is 3.05. The second-order valence-electron chi connectivity index (χ2n) is 3.55. The van der Waals surface area contributed by atoms with Crippen molar-refractivity contribution >= 4 is 17.3 Å². The van der Waals surface area contributed by atoms with Gasteiger partial charge in [-0.25, -0.2) is 4.39 Å². The summed E-state index contributed by atoms with van der Waals surface area (Å²) in [7, 11) is 0. The predicted octanol–water partition coefficient (Wildman–Crippen LogP) is 2.67. The maximum atomic E-state index is 13.5. The van der Waals surface area contributed by atoms with Gasteiger partial charge in [0.15, 0.2) is 0 Å². The lowest BCUT2D eigenvalue weighted by Crippen LogP contribution is -2.13. The van der Waals surface area contributed by atoms with E-state index in [-0.39, 0.29) is 5.56 Å². The van der Waals surface area contributed by atoms with Gasteiger partial charge < -0.3 is 11.1 Å². The smallest absolute Gasteiger partial charge is 0.251 e. The molecule has 0 heterocycles. The van der Waals surface area contributed by atoms with Gasteiger partial charge in [0.25, 0.3) is 5.91 Å². The topological polar surface area (TPSA) is 55.1 Å². The lowest BCUT2D eigenvalue weighted by atomic mass is 10.2. The highest BCUT2D eigenvalue weighted by Crippen LogP contribution is 2.18. The number of benzene rings is 2. The molecule has 17 heavy (non-hydrogen) atoms. The third-order valence-electron chi connectivity index (χ3n) is 2.30. The normalized spacial score (nSPS) is 9.94. The van der Waals surface area contributed by atoms with Gasteiger partial charge in [-0.3, -0.25) is 4.79 Å². The average Bonchev–Trinajstić information content (AvgIpc) is 2.30. The fourth-order valence-electron chi connectivity index (χ4n) is 1.48. The van der Waals surface area contributed by atoms with E-state index < -0.39 is 11.7 Å². The molecule has 0 atom stereocenters. The van der Waals surface area contributed by atoms with E-state index in [4.69, 9.17) is 5.73 Å². The number of nitrogens with one attached hydrogen (secondary N) is 1. The van der Waals surface area contributed by atoms with Crippen LogP contribution in [0.4, 0.5) is 15.8 Å². The van der Waals surface area contributed by atoms with E-state index in [1.165, 1.54) is 12.1 Å². The molecule has 3 N–H and O–H groups in total. The molecule has 0 unspecified atom stereocenters. The van der Waals surface area contributed by atoms with Crippen LogP contribution in [0, 0.1) is 5.82 Å². The van der Waals surface area contributed by atoms with Crippen LogP contribution in [0.15, 0.2) is 48.5 Å². The number of hydrogen-bond acceptors (Lipinski definition) is 2. The first kappa shape index (κ1) is 11.1. The summed E-state index contributed by atoms with van der Waals surface area (Å²) >= 11 is 0. The van der Waals surface area contributed by atoms with E-state index in [9.17, 15) is 9.18 Å². The maximum Gasteiger partial charge on any atom is 0.251 e. The van der Waals surface area contributed by atoms with Crippen molar-refractivity contribution in [1.29, 1.82) is 0 Å². The van der Waals surface area contributed by atoms with Crippen LogP contribution in [-0.2, 0) is 0 Å². The third kappa shape index (κ3) is 2.60. The highest BCUT2D eigenvalue weighted by Gasteiger charge is 2.08. The van der Waals surface area contributed by atoms with Crippen LogP contribution >= 0.6 is 0 Å². The molecule has 1 amide bonds. The van der Waals surface area contributed by atoms with Gasteiger partial charge in [0.1, 0.15) is 5.82 Å². The molecule has 3 nitrogen and oxygen atoms in total. The first-order valence-corrected chi connectivity index (χ1v) is 5.08. The van der Waals surface area contributed by atoms with Crippen molar-refractivity contribution < 1.29 is 9.18 Å². The molecule has 0 bridgehead atoms. The molecule has 0 saturated carbocycles. The lowest BCUT2D eigenvalue weighted by molar-refractivity contribution is 0.0996. The number of rotatable bonds is 3. The van der Waals surface area contributed by atoms with Crippen molar-refractivity contribution in [2.75, 3.05) is 5.32 Å². The number of primary amides is 1. The zero-order valence-electron chi connectivity index (χ0n) is 8.98. The summed E-state index contributed by atoms with van der Waals surface area (Å²) in [5.41, 5.74) is 6.32. The minimum atomic E-state index is -0.770. The molecule has 0 aliphatic heterocycles. The van der Waals surface area contributed by atoms with Gasteiger partial charge in [-0.1, -0.05) is 18.2 Å². The quantitative estimate of drug-likeness (QED) is 0.851. The summed E-state index contributed by atoms with van der Waals surface area (Å²) in [6, 6.07) is 13.6. The highest BCUT2D eigenvalue weighted by atomic mass is 19.1. The van der Waals surface area contributed by atoms with Crippen molar-refractivity contribution in [3.05, 3.63) is 59.9 Å². The number of amides is 1. The highest BCUT2D eigenvalue weighted by molar-refractivity contribution is 5.93. The Morgan fingerprint density at radius 2 is 1.76 bits per heavy atom. The molecule has 4 heteroatoms. The van der Waals surface area contributed by atoms with Gasteiger partial charge in [0, 0.05) is 11.4 Å². The van der Waals surface area contributed by atoms with Gasteiger partial charge in [0.05, 0.1) is 5.56 Å². The summed E-state index contributed by atoms with van der Waals surface area (Å²) in [6.07, 6.45) is 0. The van der Waals surface area contributed by atoms with E-state index in [2.05, 4.69) is 5.32 Å². The van der Waals surface area contributed by atoms with Crippen molar-refractivity contribution in [1.82, 2.24) is 0 Å². The molecule has 0 saturated heterocycles. The van der Waals surface area contributed by atoms with Crippen LogP contribution in [0.5, 0.6) is 0 Å². The summed E-state index contributed by atoms with van der Waals surface area (Å²) in [4.78, 5) is 10.9. The van der Waals surface area contributed by atoms with Crippen LogP contribution in [0.2, 0.25) is 0 Å². The third-order valence-corrected chi connectivity index (χ3v) is 2.30. The zero-order chi connectivity index (χ0) is 12.3. The fraction of sp³-hybridized carbons (Fsp3) is 0. The van der Waals surface area contributed by atoms with E-state index in [0.29, 0.717) is 5.69 Å². The Balaban J connectivity index is 2.24. The molecule has 0 spiro atoms. The molecule has 0 aromatic heterocycles. The second-order valence-corrected chi connectivity index (χ2v) is 3.55. The molecule has 2 rings (SSSR count). The standard InChI is InChI=1S/C13H11FN2O/c14-12-8-10(6-7-11(12)13(15)17)16-9-4-2-1-3-5-9/h1-8,16H,(H2,15,17). The molecule has 86 valence electrons. The van der Waals surface area contributed by atoms with Gasteiger partial charge in [-0.2, -0.15) is 0 Å². The van der Waals surface area contributed by atoms with Gasteiger partial charge >= 0.3 is 0 Å². The Morgan fingerprint density at radius 3 is 2.35 bits per heavy atom. The van der Waals surface area contributed by atoms with Gasteiger partial charge in [0.2, 0.25) is 0 Å². The first-order chi connectivity index (χ1) is 8.16. The Morgan fingerprint density at radius 1 is 1.06 bits per heavy atom. The number of para-hydroxylation sites is 1. The first-order valence-electron chi connectivity index (χ1n) is 5.08. The Labute approximate surface area is 98.1 Å². The summed E-state index contributed by atoms with van der Waals surface area (Å²) < 4.78 is 13.5. The average molecular weight is 230 g/mol. The van der Waals surface area contributed by atoms with Crippen LogP contribution in [0.25, 0.3) is 0 Å². The SMILES string of the molecule is NC(=O)c1ccc(Nc2ccccc2)cc1F. The van der Waals surface area contributed by atoms with E-state index in [0.717, 1.165) is 5.69 Å². The minimum Gasteiger partial charge on any atom is -0.366 e. The molecule has 0 aliphatic carbocycles. The zero-order valence-corrected chi connectivity index (χ0v) is 8.98. The van der Waals surface area contributed by atoms with Gasteiger partial charge in [-0.15, -0.1) is 0 Å². The second kappa shape index (κ2) is 4.65. The monoisotopic (exact) mass is 230 g/mol. The largest absolute Gasteiger partial charge is 0.366 e. The van der Waals surface area contributed by atoms with Crippen LogP contribution in [0.1, 0.15) is 10.4 Å². The number of hydrogen-bond donors (Lipinski definition) is 2. The van der Waals surface area contributed by atoms with Crippen LogP contribution in [-0.4, -0.2) is 5.91 Å². The number of nitrogens with two attached hydrogens (primary N) is 1. The van der Waals surface area contributed by atoms with E-state index >= 15 is 0 Å². The molecule has 2 aromatic carbocycles. The molecular formula is C13H11FN2O. The van der Waals surface area contributed by atoms with Crippen molar-refractivity contribution in [3.63, 3.8) is 0 Å². The molecule has 0 aliphatic rings. The molecular weight excluding hydrogens is 219 g/mol. The molecule has 0 radical (unpaired) electrons. The minimum absolute atomic E-state index is 0.108. The number of carbonyl (C=O) groups excluding carboxylic acids is 1. The number of halogens is 1. The number of anilines is 2. The summed E-state index contributed by atoms with van der Waals surface area (Å²) in [5, 5.41) is 3.02. The molecule has 0 fully saturated rings. The Bertz CT molecular complexity index is 540. The van der Waals surface area contributed by atoms with E-state index in [1.807, 2.05) is 30.3 Å². The lowest BCUT2D eigenvalue weighted by Gasteiger charge is -2.07. The summed E-state index contributed by atoms with van der Waals surface area (Å²) in [5.74, 6) is -1.40. The van der Waals surface area contributed by atoms with E-state index in [1.54, 1.807) is 6.07 Å². The predicted molar refractivity (Wildman–Crippen MR) is 64.6 cm³/mol. The maximum absolute atomic E-state index is 13.5. The number of carbonyl (C=O) groups is 1. The van der Waals surface area contributed by atoms with Crippen LogP contribution < -0.4 is 11.1 Å². The fourth-order valence-corrected chi connectivity index (χ4v) is 1.48. The van der Waals surface area contributed by atoms with Crippen LogP contribution in [0.3, 0.4) is 0 Å². The summed E-state index contributed by atoms with van der Waals surface area (Å²) in [6.45, 7) is 0. The van der Waals surface area contributed by atoms with Crippen molar-refractivity contribution in [3.8, 4) is 0 Å². The Hall–Kier alpha value is -2.36. The van der Waals surface area contributed by atoms with Gasteiger partial charge in [-0.05, 0) is 30.3 Å². The van der Waals surface area contributed by atoms with Crippen molar-refractivity contribution in [2.24, 2.45) is 5.73 Å². The van der Waals surface area contributed by atoms with Crippen molar-refractivity contribution in [2.45, 2.75) is 0 Å².